The fourth-order valence-electron chi connectivity index (χ4n) is 3.11. The molecule has 0 saturated carbocycles. The molecule has 1 N–H and O–H groups in total. The fourth-order valence-corrected chi connectivity index (χ4v) is 3.11. The Morgan fingerprint density at radius 1 is 1.29 bits per heavy atom. The van der Waals surface area contributed by atoms with Crippen LogP contribution < -0.4 is 10.1 Å². The first kappa shape index (κ1) is 10.6. The zero-order valence-corrected chi connectivity index (χ0v) is 10.0. The predicted molar refractivity (Wildman–Crippen MR) is 65.2 cm³/mol. The van der Waals surface area contributed by atoms with E-state index in [1.165, 1.54) is 11.1 Å². The molecule has 0 aromatic heterocycles. The second kappa shape index (κ2) is 4.06. The van der Waals surface area contributed by atoms with Gasteiger partial charge in [-0.25, -0.2) is 0 Å². The SMILES string of the molecule is COc1ccc2c(c1)CCC1NC(=O)CCC21. The van der Waals surface area contributed by atoms with Crippen molar-refractivity contribution in [1.82, 2.24) is 5.32 Å². The summed E-state index contributed by atoms with van der Waals surface area (Å²) in [5.41, 5.74) is 2.80. The molecule has 1 saturated heterocycles. The second-order valence-corrected chi connectivity index (χ2v) is 4.92. The van der Waals surface area contributed by atoms with Crippen LogP contribution in [0.25, 0.3) is 0 Å². The summed E-state index contributed by atoms with van der Waals surface area (Å²) in [6.07, 6.45) is 3.73. The summed E-state index contributed by atoms with van der Waals surface area (Å²) >= 11 is 0. The quantitative estimate of drug-likeness (QED) is 0.803. The predicted octanol–water partition coefficient (Wildman–Crippen LogP) is 2.00. The number of hydrogen-bond donors (Lipinski definition) is 1. The summed E-state index contributed by atoms with van der Waals surface area (Å²) in [4.78, 5) is 11.4. The van der Waals surface area contributed by atoms with Gasteiger partial charge in [0, 0.05) is 18.4 Å². The number of ether oxygens (including phenoxy) is 1. The van der Waals surface area contributed by atoms with E-state index in [9.17, 15) is 4.79 Å². The van der Waals surface area contributed by atoms with Crippen molar-refractivity contribution in [2.45, 2.75) is 37.6 Å². The van der Waals surface area contributed by atoms with Gasteiger partial charge in [0.05, 0.1) is 7.11 Å². The molecule has 0 bridgehead atoms. The molecule has 1 aromatic rings. The number of fused-ring (bicyclic) bond motifs is 3. The summed E-state index contributed by atoms with van der Waals surface area (Å²) < 4.78 is 5.26. The normalized spacial score (nSPS) is 26.8. The average Bonchev–Trinajstić information content (AvgIpc) is 2.37. The minimum atomic E-state index is 0.211. The highest BCUT2D eigenvalue weighted by atomic mass is 16.5. The molecule has 2 aliphatic rings. The smallest absolute Gasteiger partial charge is 0.220 e. The number of benzene rings is 1. The lowest BCUT2D eigenvalue weighted by Crippen LogP contribution is -2.45. The summed E-state index contributed by atoms with van der Waals surface area (Å²) in [5.74, 6) is 1.65. The summed E-state index contributed by atoms with van der Waals surface area (Å²) in [6, 6.07) is 6.68. The number of methoxy groups -OCH3 is 1. The fraction of sp³-hybridized carbons (Fsp3) is 0.500. The molecule has 2 unspecified atom stereocenters. The van der Waals surface area contributed by atoms with E-state index >= 15 is 0 Å². The Kier molecular flexibility index (Phi) is 2.54. The highest BCUT2D eigenvalue weighted by Gasteiger charge is 2.34. The number of nitrogens with one attached hydrogen (secondary N) is 1. The van der Waals surface area contributed by atoms with Crippen molar-refractivity contribution in [3.05, 3.63) is 29.3 Å². The van der Waals surface area contributed by atoms with Crippen molar-refractivity contribution < 1.29 is 9.53 Å². The molecule has 17 heavy (non-hydrogen) atoms. The molecule has 90 valence electrons. The molecule has 0 spiro atoms. The molecule has 1 aliphatic carbocycles. The first-order valence-corrected chi connectivity index (χ1v) is 6.24. The van der Waals surface area contributed by atoms with E-state index in [1.54, 1.807) is 7.11 Å². The number of rotatable bonds is 1. The van der Waals surface area contributed by atoms with Gasteiger partial charge < -0.3 is 10.1 Å². The summed E-state index contributed by atoms with van der Waals surface area (Å²) in [7, 11) is 1.70. The molecular weight excluding hydrogens is 214 g/mol. The van der Waals surface area contributed by atoms with Crippen molar-refractivity contribution in [3.63, 3.8) is 0 Å². The van der Waals surface area contributed by atoms with Gasteiger partial charge in [-0.2, -0.15) is 0 Å². The first-order chi connectivity index (χ1) is 8.28. The monoisotopic (exact) mass is 231 g/mol. The van der Waals surface area contributed by atoms with Crippen LogP contribution in [-0.4, -0.2) is 19.1 Å². The highest BCUT2D eigenvalue weighted by molar-refractivity contribution is 5.77. The molecule has 1 fully saturated rings. The lowest BCUT2D eigenvalue weighted by atomic mass is 9.75. The van der Waals surface area contributed by atoms with Crippen LogP contribution in [0, 0.1) is 0 Å². The third-order valence-corrected chi connectivity index (χ3v) is 3.99. The number of hydrogen-bond acceptors (Lipinski definition) is 2. The Morgan fingerprint density at radius 3 is 3.00 bits per heavy atom. The van der Waals surface area contributed by atoms with E-state index in [4.69, 9.17) is 4.74 Å². The molecule has 3 nitrogen and oxygen atoms in total. The van der Waals surface area contributed by atoms with Crippen molar-refractivity contribution in [3.8, 4) is 5.75 Å². The van der Waals surface area contributed by atoms with E-state index in [2.05, 4.69) is 17.4 Å². The first-order valence-electron chi connectivity index (χ1n) is 6.24. The maximum atomic E-state index is 11.4. The molecule has 0 radical (unpaired) electrons. The van der Waals surface area contributed by atoms with Crippen LogP contribution >= 0.6 is 0 Å². The molecule has 1 heterocycles. The molecule has 3 heteroatoms. The number of piperidine rings is 1. The van der Waals surface area contributed by atoms with Crippen LogP contribution in [0.4, 0.5) is 0 Å². The standard InChI is InChI=1S/C14H17NO2/c1-17-10-3-4-11-9(8-10)2-6-13-12(11)5-7-14(16)15-13/h3-4,8,12-13H,2,5-7H2,1H3,(H,15,16). The Labute approximate surface area is 101 Å². The maximum absolute atomic E-state index is 11.4. The third-order valence-electron chi connectivity index (χ3n) is 3.99. The van der Waals surface area contributed by atoms with Crippen LogP contribution in [0.3, 0.4) is 0 Å². The Balaban J connectivity index is 1.94. The van der Waals surface area contributed by atoms with Crippen molar-refractivity contribution in [1.29, 1.82) is 0 Å². The maximum Gasteiger partial charge on any atom is 0.220 e. The van der Waals surface area contributed by atoms with Crippen molar-refractivity contribution in [2.24, 2.45) is 0 Å². The second-order valence-electron chi connectivity index (χ2n) is 4.92. The number of carbonyl (C=O) groups is 1. The van der Waals surface area contributed by atoms with Crippen LogP contribution in [0.2, 0.25) is 0 Å². The largest absolute Gasteiger partial charge is 0.497 e. The Bertz CT molecular complexity index is 456. The number of aryl methyl sites for hydroxylation is 1. The Hall–Kier alpha value is -1.51. The minimum Gasteiger partial charge on any atom is -0.497 e. The highest BCUT2D eigenvalue weighted by Crippen LogP contribution is 2.38. The summed E-state index contributed by atoms with van der Waals surface area (Å²) in [6.45, 7) is 0. The van der Waals surface area contributed by atoms with Crippen LogP contribution in [0.5, 0.6) is 5.75 Å². The minimum absolute atomic E-state index is 0.211. The molecule has 3 rings (SSSR count). The lowest BCUT2D eigenvalue weighted by molar-refractivity contribution is -0.123. The Morgan fingerprint density at radius 2 is 2.18 bits per heavy atom. The molecule has 1 aliphatic heterocycles. The molecular formula is C14H17NO2. The average molecular weight is 231 g/mol. The molecule has 2 atom stereocenters. The van der Waals surface area contributed by atoms with Crippen molar-refractivity contribution >= 4 is 5.91 Å². The van der Waals surface area contributed by atoms with E-state index in [0.29, 0.717) is 18.4 Å². The number of carbonyl (C=O) groups excluding carboxylic acids is 1. The van der Waals surface area contributed by atoms with Crippen molar-refractivity contribution in [2.75, 3.05) is 7.11 Å². The zero-order valence-electron chi connectivity index (χ0n) is 10.0. The van der Waals surface area contributed by atoms with Gasteiger partial charge in [0.2, 0.25) is 5.91 Å². The van der Waals surface area contributed by atoms with E-state index in [-0.39, 0.29) is 5.91 Å². The zero-order chi connectivity index (χ0) is 11.8. The topological polar surface area (TPSA) is 38.3 Å². The van der Waals surface area contributed by atoms with Crippen LogP contribution in [0.1, 0.15) is 36.3 Å². The van der Waals surface area contributed by atoms with Gasteiger partial charge in [-0.3, -0.25) is 4.79 Å². The van der Waals surface area contributed by atoms with Crippen LogP contribution in [0.15, 0.2) is 18.2 Å². The van der Waals surface area contributed by atoms with Gasteiger partial charge >= 0.3 is 0 Å². The van der Waals surface area contributed by atoms with Gasteiger partial charge in [-0.1, -0.05) is 6.07 Å². The van der Waals surface area contributed by atoms with E-state index in [1.807, 2.05) is 6.07 Å². The van der Waals surface area contributed by atoms with E-state index in [0.717, 1.165) is 25.0 Å². The third kappa shape index (κ3) is 1.79. The lowest BCUT2D eigenvalue weighted by Gasteiger charge is -2.37. The molecule has 1 amide bonds. The van der Waals surface area contributed by atoms with Gasteiger partial charge in [-0.05, 0) is 42.5 Å². The van der Waals surface area contributed by atoms with Gasteiger partial charge in [0.1, 0.15) is 5.75 Å². The van der Waals surface area contributed by atoms with Gasteiger partial charge in [0.15, 0.2) is 0 Å². The summed E-state index contributed by atoms with van der Waals surface area (Å²) in [5, 5.41) is 3.12. The van der Waals surface area contributed by atoms with Crippen LogP contribution in [-0.2, 0) is 11.2 Å². The molecule has 1 aromatic carbocycles. The van der Waals surface area contributed by atoms with Gasteiger partial charge in [0.25, 0.3) is 0 Å². The number of amides is 1. The van der Waals surface area contributed by atoms with Gasteiger partial charge in [-0.15, -0.1) is 0 Å². The van der Waals surface area contributed by atoms with E-state index < -0.39 is 0 Å².